The van der Waals surface area contributed by atoms with Crippen molar-refractivity contribution in [2.45, 2.75) is 40.5 Å². The molecule has 1 aliphatic carbocycles. The van der Waals surface area contributed by atoms with Gasteiger partial charge in [0.05, 0.1) is 6.61 Å². The second-order valence-corrected chi connectivity index (χ2v) is 9.25. The Morgan fingerprint density at radius 3 is 2.33 bits per heavy atom. The highest BCUT2D eigenvalue weighted by molar-refractivity contribution is 6.07. The van der Waals surface area contributed by atoms with E-state index in [1.165, 1.54) is 10.6 Å². The molecule has 0 unspecified atom stereocenters. The minimum absolute atomic E-state index is 0.0581. The van der Waals surface area contributed by atoms with Crippen LogP contribution < -0.4 is 15.6 Å². The smallest absolute Gasteiger partial charge is 0.268 e. The van der Waals surface area contributed by atoms with E-state index in [0.29, 0.717) is 47.8 Å². The van der Waals surface area contributed by atoms with Crippen LogP contribution >= 0.6 is 0 Å². The van der Waals surface area contributed by atoms with Crippen molar-refractivity contribution in [3.63, 3.8) is 0 Å². The average Bonchev–Trinajstić information content (AvgIpc) is 2.75. The minimum Gasteiger partial charge on any atom is -0.494 e. The summed E-state index contributed by atoms with van der Waals surface area (Å²) in [6.07, 6.45) is 0.935. The zero-order valence-corrected chi connectivity index (χ0v) is 19.4. The Morgan fingerprint density at radius 2 is 1.70 bits per heavy atom. The SMILES string of the molecule is CCOc1ccc(NC(=O)c2cc3c(n(-c4ccc(C)cc4)c2=O)CC(C)(C)CC3=O)cc1. The van der Waals surface area contributed by atoms with Gasteiger partial charge in [-0.1, -0.05) is 31.5 Å². The Labute approximate surface area is 193 Å². The van der Waals surface area contributed by atoms with Crippen LogP contribution in [0.25, 0.3) is 5.69 Å². The number of carbonyl (C=O) groups excluding carboxylic acids is 2. The number of amides is 1. The van der Waals surface area contributed by atoms with E-state index < -0.39 is 11.5 Å². The standard InChI is InChI=1S/C27H28N2O4/c1-5-33-20-12-8-18(9-13-20)28-25(31)22-14-21-23(15-27(3,4)16-24(21)30)29(26(22)32)19-10-6-17(2)7-11-19/h6-14H,5,15-16H2,1-4H3,(H,28,31). The van der Waals surface area contributed by atoms with E-state index >= 15 is 0 Å². The summed E-state index contributed by atoms with van der Waals surface area (Å²) in [5, 5.41) is 2.77. The molecule has 4 rings (SSSR count). The fourth-order valence-electron chi connectivity index (χ4n) is 4.24. The number of rotatable bonds is 5. The molecule has 0 bridgehead atoms. The molecule has 2 aromatic carbocycles. The number of hydrogen-bond donors (Lipinski definition) is 1. The normalized spacial score (nSPS) is 14.5. The van der Waals surface area contributed by atoms with E-state index in [2.05, 4.69) is 5.32 Å². The molecule has 0 saturated heterocycles. The van der Waals surface area contributed by atoms with E-state index in [4.69, 9.17) is 4.74 Å². The molecule has 1 heterocycles. The Bertz CT molecular complexity index is 1270. The highest BCUT2D eigenvalue weighted by atomic mass is 16.5. The monoisotopic (exact) mass is 444 g/mol. The number of Topliss-reactive ketones (excluding diaryl/α,β-unsaturated/α-hetero) is 1. The molecular formula is C27H28N2O4. The molecule has 1 aromatic heterocycles. The molecule has 1 aliphatic rings. The van der Waals surface area contributed by atoms with Crippen molar-refractivity contribution in [1.29, 1.82) is 0 Å². The molecule has 0 saturated carbocycles. The van der Waals surface area contributed by atoms with Crippen molar-refractivity contribution < 1.29 is 14.3 Å². The Hall–Kier alpha value is -3.67. The third-order valence-electron chi connectivity index (χ3n) is 5.85. The highest BCUT2D eigenvalue weighted by Gasteiger charge is 2.35. The number of pyridine rings is 1. The number of ketones is 1. The molecule has 170 valence electrons. The van der Waals surface area contributed by atoms with Gasteiger partial charge < -0.3 is 10.1 Å². The molecule has 3 aromatic rings. The van der Waals surface area contributed by atoms with Crippen molar-refractivity contribution in [1.82, 2.24) is 4.57 Å². The number of nitrogens with one attached hydrogen (secondary N) is 1. The molecule has 0 spiro atoms. The van der Waals surface area contributed by atoms with Gasteiger partial charge in [-0.3, -0.25) is 19.0 Å². The largest absolute Gasteiger partial charge is 0.494 e. The molecule has 6 nitrogen and oxygen atoms in total. The van der Waals surface area contributed by atoms with Gasteiger partial charge in [-0.15, -0.1) is 0 Å². The second kappa shape index (κ2) is 8.70. The van der Waals surface area contributed by atoms with Crippen LogP contribution in [0.3, 0.4) is 0 Å². The molecule has 6 heteroatoms. The third kappa shape index (κ3) is 4.60. The lowest BCUT2D eigenvalue weighted by molar-refractivity contribution is 0.0909. The predicted molar refractivity (Wildman–Crippen MR) is 129 cm³/mol. The quantitative estimate of drug-likeness (QED) is 0.604. The van der Waals surface area contributed by atoms with Crippen LogP contribution in [-0.2, 0) is 6.42 Å². The molecule has 1 N–H and O–H groups in total. The number of hydrogen-bond acceptors (Lipinski definition) is 4. The van der Waals surface area contributed by atoms with Crippen LogP contribution in [-0.4, -0.2) is 22.9 Å². The Balaban J connectivity index is 1.81. The summed E-state index contributed by atoms with van der Waals surface area (Å²) in [4.78, 5) is 39.7. The number of fused-ring (bicyclic) bond motifs is 1. The summed E-state index contributed by atoms with van der Waals surface area (Å²) in [5.41, 5.74) is 2.56. The minimum atomic E-state index is -0.551. The van der Waals surface area contributed by atoms with Crippen molar-refractivity contribution in [3.8, 4) is 11.4 Å². The maximum Gasteiger partial charge on any atom is 0.268 e. The Kier molecular flexibility index (Phi) is 5.93. The van der Waals surface area contributed by atoms with Gasteiger partial charge in [0.15, 0.2) is 5.78 Å². The van der Waals surface area contributed by atoms with E-state index in [0.717, 1.165) is 5.56 Å². The number of aromatic nitrogens is 1. The lowest BCUT2D eigenvalue weighted by Gasteiger charge is -2.32. The van der Waals surface area contributed by atoms with Crippen molar-refractivity contribution in [3.05, 3.63) is 87.3 Å². The van der Waals surface area contributed by atoms with Crippen molar-refractivity contribution in [2.75, 3.05) is 11.9 Å². The zero-order chi connectivity index (χ0) is 23.8. The number of ether oxygens (including phenoxy) is 1. The first-order chi connectivity index (χ1) is 15.7. The number of carbonyl (C=O) groups is 2. The van der Waals surface area contributed by atoms with Gasteiger partial charge in [0.25, 0.3) is 11.5 Å². The van der Waals surface area contributed by atoms with Gasteiger partial charge in [0, 0.05) is 29.1 Å². The average molecular weight is 445 g/mol. The first-order valence-electron chi connectivity index (χ1n) is 11.1. The number of aryl methyl sites for hydroxylation is 1. The number of nitrogens with zero attached hydrogens (tertiary/aromatic N) is 1. The second-order valence-electron chi connectivity index (χ2n) is 9.25. The van der Waals surface area contributed by atoms with Crippen LogP contribution in [0, 0.1) is 12.3 Å². The van der Waals surface area contributed by atoms with Crippen molar-refractivity contribution >= 4 is 17.4 Å². The van der Waals surface area contributed by atoms with Gasteiger partial charge in [-0.2, -0.15) is 0 Å². The maximum absolute atomic E-state index is 13.6. The molecule has 0 aliphatic heterocycles. The van der Waals surface area contributed by atoms with E-state index in [1.54, 1.807) is 24.3 Å². The lowest BCUT2D eigenvalue weighted by Crippen LogP contribution is -2.37. The van der Waals surface area contributed by atoms with Gasteiger partial charge in [-0.05, 0) is 68.1 Å². The molecule has 1 amide bonds. The third-order valence-corrected chi connectivity index (χ3v) is 5.85. The summed E-state index contributed by atoms with van der Waals surface area (Å²) in [5.74, 6) is 0.0851. The fourth-order valence-corrected chi connectivity index (χ4v) is 4.24. The van der Waals surface area contributed by atoms with Gasteiger partial charge in [0.1, 0.15) is 11.3 Å². The molecule has 33 heavy (non-hydrogen) atoms. The van der Waals surface area contributed by atoms with E-state index in [-0.39, 0.29) is 16.8 Å². The van der Waals surface area contributed by atoms with Crippen LogP contribution in [0.5, 0.6) is 5.75 Å². The van der Waals surface area contributed by atoms with Crippen LogP contribution in [0.15, 0.2) is 59.4 Å². The fraction of sp³-hybridized carbons (Fsp3) is 0.296. The maximum atomic E-state index is 13.6. The number of benzene rings is 2. The first-order valence-corrected chi connectivity index (χ1v) is 11.1. The Morgan fingerprint density at radius 1 is 1.03 bits per heavy atom. The van der Waals surface area contributed by atoms with Crippen LogP contribution in [0.4, 0.5) is 5.69 Å². The zero-order valence-electron chi connectivity index (χ0n) is 19.4. The van der Waals surface area contributed by atoms with Gasteiger partial charge >= 0.3 is 0 Å². The predicted octanol–water partition coefficient (Wildman–Crippen LogP) is 4.95. The summed E-state index contributed by atoms with van der Waals surface area (Å²) in [6, 6.07) is 15.9. The van der Waals surface area contributed by atoms with Crippen LogP contribution in [0.1, 0.15) is 59.2 Å². The van der Waals surface area contributed by atoms with Crippen LogP contribution in [0.2, 0.25) is 0 Å². The van der Waals surface area contributed by atoms with E-state index in [1.807, 2.05) is 52.0 Å². The summed E-state index contributed by atoms with van der Waals surface area (Å²) in [6.45, 7) is 8.45. The lowest BCUT2D eigenvalue weighted by atomic mass is 9.75. The van der Waals surface area contributed by atoms with Crippen molar-refractivity contribution in [2.24, 2.45) is 5.41 Å². The number of anilines is 1. The molecular weight excluding hydrogens is 416 g/mol. The van der Waals surface area contributed by atoms with Gasteiger partial charge in [-0.25, -0.2) is 0 Å². The van der Waals surface area contributed by atoms with Gasteiger partial charge in [0.2, 0.25) is 0 Å². The topological polar surface area (TPSA) is 77.4 Å². The summed E-state index contributed by atoms with van der Waals surface area (Å²) < 4.78 is 6.96. The summed E-state index contributed by atoms with van der Waals surface area (Å²) in [7, 11) is 0. The van der Waals surface area contributed by atoms with E-state index in [9.17, 15) is 14.4 Å². The first kappa shape index (κ1) is 22.5. The summed E-state index contributed by atoms with van der Waals surface area (Å²) >= 11 is 0. The molecule has 0 fully saturated rings. The highest BCUT2D eigenvalue weighted by Crippen LogP contribution is 2.35. The molecule has 0 atom stereocenters. The molecule has 0 radical (unpaired) electrons.